The second-order valence-electron chi connectivity index (χ2n) is 6.55. The number of anilines is 1. The second-order valence-corrected chi connectivity index (χ2v) is 6.95. The number of hydrogen-bond donors (Lipinski definition) is 2. The number of nitrogens with zero attached hydrogens (tertiary/aromatic N) is 1. The topological polar surface area (TPSA) is 32.3 Å². The molecule has 0 saturated heterocycles. The van der Waals surface area contributed by atoms with Gasteiger partial charge in [0.25, 0.3) is 0 Å². The van der Waals surface area contributed by atoms with Crippen LogP contribution in [0.25, 0.3) is 0 Å². The quantitative estimate of drug-likeness (QED) is 0.668. The molecule has 0 aliphatic carbocycles. The third-order valence-electron chi connectivity index (χ3n) is 3.84. The lowest BCUT2D eigenvalue weighted by Crippen LogP contribution is -2.40. The average molecular weight is 323 g/mol. The molecule has 4 heteroatoms. The minimum absolute atomic E-state index is 0.153. The van der Waals surface area contributed by atoms with Crippen LogP contribution in [0.1, 0.15) is 77.3 Å². The molecular formula is C18H30N2OS. The van der Waals surface area contributed by atoms with Gasteiger partial charge in [0.2, 0.25) is 0 Å². The van der Waals surface area contributed by atoms with E-state index in [0.29, 0.717) is 11.8 Å². The van der Waals surface area contributed by atoms with Crippen molar-refractivity contribution in [1.82, 2.24) is 5.32 Å². The predicted octanol–water partition coefficient (Wildman–Crippen LogP) is 5.48. The summed E-state index contributed by atoms with van der Waals surface area (Å²) in [5.41, 5.74) is 3.23. The summed E-state index contributed by atoms with van der Waals surface area (Å²) in [7, 11) is 0. The molecule has 0 radical (unpaired) electrons. The van der Waals surface area contributed by atoms with Crippen molar-refractivity contribution in [1.29, 1.82) is 0 Å². The molecule has 2 amide bonds. The summed E-state index contributed by atoms with van der Waals surface area (Å²) in [5.74, 6) is 0.674. The molecule has 0 aromatic heterocycles. The normalized spacial score (nSPS) is 12.6. The van der Waals surface area contributed by atoms with E-state index in [-0.39, 0.29) is 12.1 Å². The Morgan fingerprint density at radius 3 is 2.05 bits per heavy atom. The van der Waals surface area contributed by atoms with Crippen molar-refractivity contribution in [2.75, 3.05) is 4.31 Å². The smallest absolute Gasteiger partial charge is 0.332 e. The summed E-state index contributed by atoms with van der Waals surface area (Å²) >= 11 is 4.51. The highest BCUT2D eigenvalue weighted by Crippen LogP contribution is 2.36. The Hall–Kier alpha value is -1.16. The van der Waals surface area contributed by atoms with Crippen LogP contribution in [0.2, 0.25) is 0 Å². The molecule has 0 fully saturated rings. The summed E-state index contributed by atoms with van der Waals surface area (Å²) in [6, 6.07) is 6.23. The molecule has 1 N–H and O–H groups in total. The first kappa shape index (κ1) is 18.9. The van der Waals surface area contributed by atoms with Crippen molar-refractivity contribution in [2.45, 2.75) is 72.3 Å². The van der Waals surface area contributed by atoms with Gasteiger partial charge in [-0.15, -0.1) is 0 Å². The summed E-state index contributed by atoms with van der Waals surface area (Å²) in [6.07, 6.45) is 2.02. The molecule has 0 bridgehead atoms. The number of benzene rings is 1. The summed E-state index contributed by atoms with van der Waals surface area (Å²) in [5, 5.41) is 3.02. The van der Waals surface area contributed by atoms with Crippen LogP contribution in [0, 0.1) is 0 Å². The summed E-state index contributed by atoms with van der Waals surface area (Å²) in [4.78, 5) is 12.5. The van der Waals surface area contributed by atoms with Gasteiger partial charge in [-0.2, -0.15) is 0 Å². The van der Waals surface area contributed by atoms with Crippen LogP contribution < -0.4 is 9.62 Å². The third-order valence-corrected chi connectivity index (χ3v) is 4.22. The lowest BCUT2D eigenvalue weighted by atomic mass is 9.92. The largest absolute Gasteiger partial charge is 0.335 e. The van der Waals surface area contributed by atoms with E-state index in [1.54, 1.807) is 0 Å². The Morgan fingerprint density at radius 2 is 1.64 bits per heavy atom. The SMILES string of the molecule is CCCC(C)NC(=O)N(S)c1c(C(C)C)cccc1C(C)C. The van der Waals surface area contributed by atoms with Crippen LogP contribution in [-0.4, -0.2) is 12.1 Å². The molecule has 0 saturated carbocycles. The van der Waals surface area contributed by atoms with Gasteiger partial charge in [0.05, 0.1) is 5.69 Å². The molecule has 124 valence electrons. The maximum Gasteiger partial charge on any atom is 0.332 e. The second kappa shape index (κ2) is 8.47. The monoisotopic (exact) mass is 322 g/mol. The Bertz CT molecular complexity index is 474. The van der Waals surface area contributed by atoms with E-state index in [1.807, 2.05) is 6.92 Å². The average Bonchev–Trinajstić information content (AvgIpc) is 2.45. The number of urea groups is 1. The van der Waals surface area contributed by atoms with Gasteiger partial charge in [-0.1, -0.05) is 72.1 Å². The third kappa shape index (κ3) is 4.67. The number of nitrogens with one attached hydrogen (secondary N) is 1. The first-order chi connectivity index (χ1) is 10.3. The lowest BCUT2D eigenvalue weighted by Gasteiger charge is -2.27. The zero-order valence-corrected chi connectivity index (χ0v) is 15.6. The van der Waals surface area contributed by atoms with Crippen LogP contribution >= 0.6 is 12.8 Å². The van der Waals surface area contributed by atoms with Crippen molar-refractivity contribution < 1.29 is 4.79 Å². The maximum atomic E-state index is 12.5. The number of amides is 2. The Labute approximate surface area is 141 Å². The van der Waals surface area contributed by atoms with Crippen molar-refractivity contribution in [2.24, 2.45) is 0 Å². The molecule has 0 spiro atoms. The highest BCUT2D eigenvalue weighted by molar-refractivity contribution is 7.82. The minimum atomic E-state index is -0.153. The number of para-hydroxylation sites is 1. The first-order valence-corrected chi connectivity index (χ1v) is 8.61. The first-order valence-electron chi connectivity index (χ1n) is 8.21. The van der Waals surface area contributed by atoms with Gasteiger partial charge in [-0.3, -0.25) is 0 Å². The van der Waals surface area contributed by atoms with Crippen LogP contribution in [0.15, 0.2) is 18.2 Å². The van der Waals surface area contributed by atoms with Crippen molar-refractivity contribution in [3.8, 4) is 0 Å². The van der Waals surface area contributed by atoms with E-state index in [2.05, 4.69) is 70.9 Å². The van der Waals surface area contributed by atoms with Gasteiger partial charge >= 0.3 is 6.03 Å². The summed E-state index contributed by atoms with van der Waals surface area (Å²) < 4.78 is 1.48. The van der Waals surface area contributed by atoms with Crippen LogP contribution in [-0.2, 0) is 0 Å². The van der Waals surface area contributed by atoms with Crippen LogP contribution in [0.3, 0.4) is 0 Å². The predicted molar refractivity (Wildman–Crippen MR) is 99.0 cm³/mol. The van der Waals surface area contributed by atoms with Crippen molar-refractivity contribution in [3.05, 3.63) is 29.3 Å². The molecule has 1 aromatic carbocycles. The fraction of sp³-hybridized carbons (Fsp3) is 0.611. The number of rotatable bonds is 6. The van der Waals surface area contributed by atoms with Gasteiger partial charge in [0.1, 0.15) is 0 Å². The van der Waals surface area contributed by atoms with E-state index in [1.165, 1.54) is 4.31 Å². The Morgan fingerprint density at radius 1 is 1.14 bits per heavy atom. The Balaban J connectivity index is 3.14. The van der Waals surface area contributed by atoms with Gasteiger partial charge in [-0.25, -0.2) is 9.10 Å². The van der Waals surface area contributed by atoms with Gasteiger partial charge in [0, 0.05) is 6.04 Å². The molecule has 1 atom stereocenters. The van der Waals surface area contributed by atoms with Crippen LogP contribution in [0.5, 0.6) is 0 Å². The number of carbonyl (C=O) groups is 1. The molecule has 0 aliphatic rings. The van der Waals surface area contributed by atoms with E-state index >= 15 is 0 Å². The zero-order valence-electron chi connectivity index (χ0n) is 14.7. The molecule has 1 aromatic rings. The van der Waals surface area contributed by atoms with E-state index < -0.39 is 0 Å². The van der Waals surface area contributed by atoms with Crippen molar-refractivity contribution in [3.63, 3.8) is 0 Å². The fourth-order valence-corrected chi connectivity index (χ4v) is 2.92. The molecule has 22 heavy (non-hydrogen) atoms. The maximum absolute atomic E-state index is 12.5. The molecule has 1 rings (SSSR count). The summed E-state index contributed by atoms with van der Waals surface area (Å²) in [6.45, 7) is 12.7. The van der Waals surface area contributed by atoms with Gasteiger partial charge in [0.15, 0.2) is 0 Å². The van der Waals surface area contributed by atoms with Gasteiger partial charge < -0.3 is 5.32 Å². The highest BCUT2D eigenvalue weighted by atomic mass is 32.1. The molecule has 1 unspecified atom stereocenters. The fourth-order valence-electron chi connectivity index (χ4n) is 2.63. The minimum Gasteiger partial charge on any atom is -0.335 e. The number of carbonyl (C=O) groups excluding carboxylic acids is 1. The van der Waals surface area contributed by atoms with E-state index in [9.17, 15) is 4.79 Å². The lowest BCUT2D eigenvalue weighted by molar-refractivity contribution is 0.246. The van der Waals surface area contributed by atoms with E-state index in [0.717, 1.165) is 29.7 Å². The zero-order chi connectivity index (χ0) is 16.9. The number of hydrogen-bond acceptors (Lipinski definition) is 2. The highest BCUT2D eigenvalue weighted by Gasteiger charge is 2.22. The Kier molecular flexibility index (Phi) is 7.27. The van der Waals surface area contributed by atoms with E-state index in [4.69, 9.17) is 0 Å². The standard InChI is InChI=1S/C18H30N2OS/c1-7-9-14(6)19-18(21)20(22)17-15(12(2)3)10-8-11-16(17)13(4)5/h8,10-14,22H,7,9H2,1-6H3,(H,19,21). The van der Waals surface area contributed by atoms with Crippen LogP contribution in [0.4, 0.5) is 10.5 Å². The number of thiol groups is 1. The molecule has 0 heterocycles. The van der Waals surface area contributed by atoms with Gasteiger partial charge in [-0.05, 0) is 36.3 Å². The molecule has 3 nitrogen and oxygen atoms in total. The molecular weight excluding hydrogens is 292 g/mol. The van der Waals surface area contributed by atoms with Crippen molar-refractivity contribution >= 4 is 24.5 Å². The molecule has 0 aliphatic heterocycles.